The lowest BCUT2D eigenvalue weighted by Crippen LogP contribution is -2.48. The van der Waals surface area contributed by atoms with Crippen LogP contribution in [0.25, 0.3) is 0 Å². The highest BCUT2D eigenvalue weighted by Crippen LogP contribution is 2.17. The van der Waals surface area contributed by atoms with Gasteiger partial charge in [0.15, 0.2) is 0 Å². The van der Waals surface area contributed by atoms with Gasteiger partial charge in [-0.3, -0.25) is 4.79 Å². The molecular weight excluding hydrogens is 220 g/mol. The summed E-state index contributed by atoms with van der Waals surface area (Å²) in [7, 11) is 1.73. The number of piperidine rings is 1. The first kappa shape index (κ1) is 14.4. The van der Waals surface area contributed by atoms with E-state index in [9.17, 15) is 4.79 Å². The minimum absolute atomic E-state index is 0.445. The van der Waals surface area contributed by atoms with E-state index in [0.29, 0.717) is 19.0 Å². The predicted molar refractivity (Wildman–Crippen MR) is 66.1 cm³/mol. The summed E-state index contributed by atoms with van der Waals surface area (Å²) in [6.07, 6.45) is 2.21. The summed E-state index contributed by atoms with van der Waals surface area (Å²) in [4.78, 5) is 13.3. The molecule has 0 amide bonds. The van der Waals surface area contributed by atoms with E-state index in [1.165, 1.54) is 0 Å². The molecule has 0 bridgehead atoms. The smallest absolute Gasteiger partial charge is 0.322 e. The van der Waals surface area contributed by atoms with E-state index in [0.717, 1.165) is 32.5 Å². The Morgan fingerprint density at radius 3 is 2.65 bits per heavy atom. The van der Waals surface area contributed by atoms with Crippen molar-refractivity contribution in [2.45, 2.75) is 25.8 Å². The third-order valence-electron chi connectivity index (χ3n) is 3.30. The molecule has 0 radical (unpaired) electrons. The summed E-state index contributed by atoms with van der Waals surface area (Å²) < 4.78 is 5.15. The van der Waals surface area contributed by atoms with Crippen molar-refractivity contribution in [2.75, 3.05) is 39.9 Å². The van der Waals surface area contributed by atoms with E-state index >= 15 is 0 Å². The van der Waals surface area contributed by atoms with E-state index in [1.807, 2.05) is 6.92 Å². The third-order valence-corrected chi connectivity index (χ3v) is 3.30. The molecule has 0 aromatic carbocycles. The first-order valence-electron chi connectivity index (χ1n) is 6.34. The van der Waals surface area contributed by atoms with Crippen LogP contribution in [0.5, 0.6) is 0 Å². The molecular formula is C12H24N2O3. The highest BCUT2D eigenvalue weighted by Gasteiger charge is 2.24. The molecule has 0 aromatic rings. The first-order chi connectivity index (χ1) is 8.17. The van der Waals surface area contributed by atoms with Gasteiger partial charge in [-0.1, -0.05) is 6.92 Å². The van der Waals surface area contributed by atoms with Crippen LogP contribution in [0.15, 0.2) is 0 Å². The van der Waals surface area contributed by atoms with Crippen molar-refractivity contribution in [3.63, 3.8) is 0 Å². The Hall–Kier alpha value is -0.650. The lowest BCUT2D eigenvalue weighted by Gasteiger charge is -2.33. The number of carbonyl (C=O) groups is 1. The van der Waals surface area contributed by atoms with Gasteiger partial charge in [-0.05, 0) is 38.4 Å². The molecule has 17 heavy (non-hydrogen) atoms. The van der Waals surface area contributed by atoms with Gasteiger partial charge in [-0.15, -0.1) is 0 Å². The van der Waals surface area contributed by atoms with Crippen LogP contribution in [0.4, 0.5) is 0 Å². The number of aliphatic carboxylic acids is 1. The third kappa shape index (κ3) is 5.02. The molecule has 0 aromatic heterocycles. The zero-order valence-corrected chi connectivity index (χ0v) is 10.8. The maximum absolute atomic E-state index is 11.0. The topological polar surface area (TPSA) is 61.8 Å². The van der Waals surface area contributed by atoms with E-state index in [4.69, 9.17) is 9.84 Å². The molecule has 5 heteroatoms. The number of hydrogen-bond acceptors (Lipinski definition) is 4. The van der Waals surface area contributed by atoms with Gasteiger partial charge in [0, 0.05) is 20.3 Å². The van der Waals surface area contributed by atoms with Gasteiger partial charge in [0.25, 0.3) is 0 Å². The van der Waals surface area contributed by atoms with Crippen molar-refractivity contribution >= 4 is 5.97 Å². The Morgan fingerprint density at radius 1 is 1.53 bits per heavy atom. The first-order valence-corrected chi connectivity index (χ1v) is 6.34. The maximum Gasteiger partial charge on any atom is 0.322 e. The average molecular weight is 244 g/mol. The van der Waals surface area contributed by atoms with Gasteiger partial charge in [0.2, 0.25) is 0 Å². The highest BCUT2D eigenvalue weighted by atomic mass is 16.5. The van der Waals surface area contributed by atoms with Crippen molar-refractivity contribution in [2.24, 2.45) is 5.92 Å². The zero-order valence-electron chi connectivity index (χ0n) is 10.8. The van der Waals surface area contributed by atoms with Crippen LogP contribution in [0.1, 0.15) is 19.8 Å². The van der Waals surface area contributed by atoms with Crippen molar-refractivity contribution in [3.05, 3.63) is 0 Å². The summed E-state index contributed by atoms with van der Waals surface area (Å²) >= 11 is 0. The quantitative estimate of drug-likeness (QED) is 0.679. The van der Waals surface area contributed by atoms with Gasteiger partial charge in [-0.2, -0.15) is 0 Å². The molecule has 0 saturated carbocycles. The van der Waals surface area contributed by atoms with E-state index < -0.39 is 12.0 Å². The van der Waals surface area contributed by atoms with Crippen molar-refractivity contribution in [1.82, 2.24) is 10.2 Å². The second-order valence-corrected chi connectivity index (χ2v) is 4.65. The predicted octanol–water partition coefficient (Wildman–Crippen LogP) is 0.408. The summed E-state index contributed by atoms with van der Waals surface area (Å²) in [6, 6.07) is -0.445. The zero-order chi connectivity index (χ0) is 12.7. The molecule has 1 fully saturated rings. The van der Waals surface area contributed by atoms with Gasteiger partial charge >= 0.3 is 5.97 Å². The van der Waals surface area contributed by atoms with Crippen molar-refractivity contribution in [3.8, 4) is 0 Å². The summed E-state index contributed by atoms with van der Waals surface area (Å²) in [5.41, 5.74) is 0. The number of hydrogen-bond donors (Lipinski definition) is 2. The fourth-order valence-corrected chi connectivity index (χ4v) is 2.31. The number of carboxylic acid groups (broad SMARTS) is 1. The van der Waals surface area contributed by atoms with Gasteiger partial charge < -0.3 is 20.1 Å². The van der Waals surface area contributed by atoms with Crippen LogP contribution in [0, 0.1) is 5.92 Å². The van der Waals surface area contributed by atoms with Crippen LogP contribution in [-0.2, 0) is 9.53 Å². The molecule has 1 saturated heterocycles. The number of nitrogens with zero attached hydrogens (tertiary/aromatic N) is 1. The lowest BCUT2D eigenvalue weighted by atomic mass is 9.97. The van der Waals surface area contributed by atoms with E-state index in [1.54, 1.807) is 7.11 Å². The van der Waals surface area contributed by atoms with Gasteiger partial charge in [0.1, 0.15) is 6.04 Å². The fraction of sp³-hybridized carbons (Fsp3) is 0.917. The molecule has 1 unspecified atom stereocenters. The molecule has 1 atom stereocenters. The van der Waals surface area contributed by atoms with Crippen LogP contribution in [0.2, 0.25) is 0 Å². The van der Waals surface area contributed by atoms with Crippen LogP contribution in [0.3, 0.4) is 0 Å². The highest BCUT2D eigenvalue weighted by molar-refractivity contribution is 5.73. The molecule has 1 aliphatic rings. The summed E-state index contributed by atoms with van der Waals surface area (Å²) in [6.45, 7) is 6.00. The number of rotatable bonds is 7. The Labute approximate surface area is 103 Å². The number of nitrogens with one attached hydrogen (secondary N) is 1. The standard InChI is InChI=1S/C12H24N2O3/c1-3-13-11(12(15)16)8-14-6-4-10(5-7-14)9-17-2/h10-11,13H,3-9H2,1-2H3,(H,15,16). The summed E-state index contributed by atoms with van der Waals surface area (Å²) in [5, 5.41) is 12.1. The summed E-state index contributed by atoms with van der Waals surface area (Å²) in [5.74, 6) is -0.121. The molecule has 0 spiro atoms. The number of likely N-dealkylation sites (tertiary alicyclic amines) is 1. The van der Waals surface area contributed by atoms with Crippen molar-refractivity contribution < 1.29 is 14.6 Å². The fourth-order valence-electron chi connectivity index (χ4n) is 2.31. The van der Waals surface area contributed by atoms with E-state index in [-0.39, 0.29) is 0 Å². The Morgan fingerprint density at radius 2 is 2.18 bits per heavy atom. The monoisotopic (exact) mass is 244 g/mol. The minimum Gasteiger partial charge on any atom is -0.480 e. The molecule has 5 nitrogen and oxygen atoms in total. The number of likely N-dealkylation sites (N-methyl/N-ethyl adjacent to an activating group) is 1. The van der Waals surface area contributed by atoms with Crippen LogP contribution >= 0.6 is 0 Å². The molecule has 1 aliphatic heterocycles. The Kier molecular flexibility index (Phi) is 6.47. The second kappa shape index (κ2) is 7.63. The molecule has 1 rings (SSSR count). The van der Waals surface area contributed by atoms with Crippen LogP contribution < -0.4 is 5.32 Å². The number of methoxy groups -OCH3 is 1. The van der Waals surface area contributed by atoms with Crippen LogP contribution in [-0.4, -0.2) is 61.9 Å². The Bertz CT molecular complexity index is 228. The molecule has 0 aliphatic carbocycles. The molecule has 1 heterocycles. The van der Waals surface area contributed by atoms with Crippen molar-refractivity contribution in [1.29, 1.82) is 0 Å². The van der Waals surface area contributed by atoms with Gasteiger partial charge in [-0.25, -0.2) is 0 Å². The SMILES string of the molecule is CCNC(CN1CCC(COC)CC1)C(=O)O. The van der Waals surface area contributed by atoms with Gasteiger partial charge in [0.05, 0.1) is 0 Å². The Balaban J connectivity index is 2.30. The lowest BCUT2D eigenvalue weighted by molar-refractivity contribution is -0.140. The van der Waals surface area contributed by atoms with E-state index in [2.05, 4.69) is 10.2 Å². The largest absolute Gasteiger partial charge is 0.480 e. The second-order valence-electron chi connectivity index (χ2n) is 4.65. The maximum atomic E-state index is 11.0. The normalized spacial score (nSPS) is 20.4. The number of carboxylic acids is 1. The number of ether oxygens (including phenoxy) is 1. The molecule has 2 N–H and O–H groups in total. The minimum atomic E-state index is -0.758. The molecule has 100 valence electrons. The average Bonchev–Trinajstić information content (AvgIpc) is 2.31.